The first-order chi connectivity index (χ1) is 7.26. The number of rotatable bonds is 9. The fraction of sp³-hybridized carbons (Fsp3) is 1.00. The Morgan fingerprint density at radius 2 is 2.00 bits per heavy atom. The molecule has 3 nitrogen and oxygen atoms in total. The number of hydrogen-bond donors (Lipinski definition) is 2. The Kier molecular flexibility index (Phi) is 6.22. The number of aliphatic hydroxyl groups excluding tert-OH is 1. The topological polar surface area (TPSA) is 41.5 Å². The normalized spacial score (nSPS) is 18.4. The van der Waals surface area contributed by atoms with Crippen molar-refractivity contribution in [3.8, 4) is 0 Å². The summed E-state index contributed by atoms with van der Waals surface area (Å²) in [5.74, 6) is 0.782. The molecule has 90 valence electrons. The van der Waals surface area contributed by atoms with E-state index in [0.717, 1.165) is 25.4 Å². The molecule has 0 aromatic rings. The summed E-state index contributed by atoms with van der Waals surface area (Å²) in [7, 11) is 0. The highest BCUT2D eigenvalue weighted by Crippen LogP contribution is 2.28. The van der Waals surface area contributed by atoms with E-state index in [4.69, 9.17) is 4.74 Å². The highest BCUT2D eigenvalue weighted by molar-refractivity contribution is 4.72. The summed E-state index contributed by atoms with van der Waals surface area (Å²) in [5.41, 5.74) is 0. The van der Waals surface area contributed by atoms with Gasteiger partial charge in [0.2, 0.25) is 0 Å². The molecule has 0 amide bonds. The predicted octanol–water partition coefficient (Wildman–Crippen LogP) is 1.55. The number of hydrogen-bond acceptors (Lipinski definition) is 3. The van der Waals surface area contributed by atoms with Crippen LogP contribution in [0.15, 0.2) is 0 Å². The number of aliphatic hydroxyl groups is 1. The molecule has 1 rings (SSSR count). The van der Waals surface area contributed by atoms with E-state index in [-0.39, 0.29) is 6.10 Å². The van der Waals surface area contributed by atoms with Crippen molar-refractivity contribution in [1.29, 1.82) is 0 Å². The molecule has 1 aliphatic carbocycles. The number of nitrogens with one attached hydrogen (secondary N) is 1. The van der Waals surface area contributed by atoms with Crippen LogP contribution in [0.4, 0.5) is 0 Å². The highest BCUT2D eigenvalue weighted by Gasteiger charge is 2.21. The van der Waals surface area contributed by atoms with Crippen molar-refractivity contribution in [2.75, 3.05) is 19.8 Å². The van der Waals surface area contributed by atoms with Gasteiger partial charge in [-0.15, -0.1) is 0 Å². The molecule has 3 heteroatoms. The maximum Gasteiger partial charge on any atom is 0.0897 e. The Hall–Kier alpha value is -0.120. The molecule has 0 heterocycles. The minimum absolute atomic E-state index is 0.357. The minimum Gasteiger partial charge on any atom is -0.389 e. The molecule has 0 aromatic carbocycles. The molecule has 15 heavy (non-hydrogen) atoms. The van der Waals surface area contributed by atoms with Crippen LogP contribution >= 0.6 is 0 Å². The van der Waals surface area contributed by atoms with Crippen LogP contribution in [0, 0.1) is 5.92 Å². The second-order valence-corrected chi connectivity index (χ2v) is 4.56. The van der Waals surface area contributed by atoms with Crippen LogP contribution in [0.25, 0.3) is 0 Å². The van der Waals surface area contributed by atoms with Crippen LogP contribution in [0.5, 0.6) is 0 Å². The van der Waals surface area contributed by atoms with Crippen molar-refractivity contribution < 1.29 is 9.84 Å². The van der Waals surface area contributed by atoms with Gasteiger partial charge >= 0.3 is 0 Å². The summed E-state index contributed by atoms with van der Waals surface area (Å²) in [6.07, 6.45) is 4.49. The van der Waals surface area contributed by atoms with Gasteiger partial charge in [0, 0.05) is 19.2 Å². The maximum atomic E-state index is 9.63. The zero-order valence-corrected chi connectivity index (χ0v) is 10.0. The first-order valence-corrected chi connectivity index (χ1v) is 6.25. The van der Waals surface area contributed by atoms with Crippen LogP contribution in [0.2, 0.25) is 0 Å². The Morgan fingerprint density at radius 1 is 1.33 bits per heavy atom. The van der Waals surface area contributed by atoms with Crippen molar-refractivity contribution in [3.63, 3.8) is 0 Å². The molecule has 1 aliphatic rings. The third-order valence-electron chi connectivity index (χ3n) is 2.99. The van der Waals surface area contributed by atoms with Gasteiger partial charge in [-0.05, 0) is 31.6 Å². The van der Waals surface area contributed by atoms with Gasteiger partial charge in [-0.3, -0.25) is 0 Å². The first-order valence-electron chi connectivity index (χ1n) is 6.25. The Morgan fingerprint density at radius 3 is 2.53 bits per heavy atom. The quantitative estimate of drug-likeness (QED) is 0.613. The summed E-state index contributed by atoms with van der Waals surface area (Å²) in [6, 6.07) is 0.531. The zero-order chi connectivity index (χ0) is 11.1. The molecule has 0 aliphatic heterocycles. The van der Waals surface area contributed by atoms with Gasteiger partial charge < -0.3 is 15.2 Å². The largest absolute Gasteiger partial charge is 0.389 e. The van der Waals surface area contributed by atoms with E-state index in [9.17, 15) is 5.11 Å². The molecule has 0 bridgehead atoms. The van der Waals surface area contributed by atoms with Gasteiger partial charge in [-0.2, -0.15) is 0 Å². The fourth-order valence-corrected chi connectivity index (χ4v) is 1.59. The lowest BCUT2D eigenvalue weighted by molar-refractivity contribution is 0.0311. The zero-order valence-electron chi connectivity index (χ0n) is 10.0. The van der Waals surface area contributed by atoms with Gasteiger partial charge in [-0.1, -0.05) is 13.8 Å². The molecule has 1 fully saturated rings. The smallest absolute Gasteiger partial charge is 0.0897 e. The summed E-state index contributed by atoms with van der Waals surface area (Å²) in [4.78, 5) is 0. The minimum atomic E-state index is -0.357. The molecule has 1 atom stereocenters. The average molecular weight is 215 g/mol. The molecule has 0 spiro atoms. The van der Waals surface area contributed by atoms with Crippen LogP contribution < -0.4 is 5.32 Å². The van der Waals surface area contributed by atoms with Crippen molar-refractivity contribution in [1.82, 2.24) is 5.32 Å². The Balaban J connectivity index is 1.93. The standard InChI is InChI=1S/C12H25NO2/c1-3-11(4-2)13-7-12(14)9-15-8-10-5-6-10/h10-14H,3-9H2,1-2H3. The lowest BCUT2D eigenvalue weighted by Gasteiger charge is -2.18. The SMILES string of the molecule is CCC(CC)NCC(O)COCC1CC1. The third kappa shape index (κ3) is 6.13. The highest BCUT2D eigenvalue weighted by atomic mass is 16.5. The van der Waals surface area contributed by atoms with E-state index < -0.39 is 0 Å². The van der Waals surface area contributed by atoms with Crippen molar-refractivity contribution in [2.45, 2.75) is 51.7 Å². The molecule has 0 aromatic heterocycles. The molecule has 1 unspecified atom stereocenters. The summed E-state index contributed by atoms with van der Waals surface area (Å²) >= 11 is 0. The van der Waals surface area contributed by atoms with E-state index in [0.29, 0.717) is 19.2 Å². The van der Waals surface area contributed by atoms with E-state index in [1.165, 1.54) is 12.8 Å². The summed E-state index contributed by atoms with van der Waals surface area (Å²) in [5, 5.41) is 13.0. The maximum absolute atomic E-state index is 9.63. The average Bonchev–Trinajstić information content (AvgIpc) is 3.03. The monoisotopic (exact) mass is 215 g/mol. The first kappa shape index (κ1) is 12.9. The molecule has 1 saturated carbocycles. The van der Waals surface area contributed by atoms with E-state index in [2.05, 4.69) is 19.2 Å². The summed E-state index contributed by atoms with van der Waals surface area (Å²) in [6.45, 7) is 6.29. The van der Waals surface area contributed by atoms with Crippen LogP contribution in [0.3, 0.4) is 0 Å². The predicted molar refractivity (Wildman–Crippen MR) is 61.9 cm³/mol. The number of ether oxygens (including phenoxy) is 1. The molecule has 0 saturated heterocycles. The van der Waals surface area contributed by atoms with Crippen molar-refractivity contribution >= 4 is 0 Å². The van der Waals surface area contributed by atoms with Gasteiger partial charge in [0.25, 0.3) is 0 Å². The van der Waals surface area contributed by atoms with Crippen LogP contribution in [-0.2, 0) is 4.74 Å². The third-order valence-corrected chi connectivity index (χ3v) is 2.99. The Labute approximate surface area is 93.2 Å². The summed E-state index contributed by atoms with van der Waals surface area (Å²) < 4.78 is 5.43. The molecular weight excluding hydrogens is 190 g/mol. The van der Waals surface area contributed by atoms with Gasteiger partial charge in [0.1, 0.15) is 0 Å². The lowest BCUT2D eigenvalue weighted by atomic mass is 10.1. The van der Waals surface area contributed by atoms with Gasteiger partial charge in [-0.25, -0.2) is 0 Å². The van der Waals surface area contributed by atoms with Gasteiger partial charge in [0.15, 0.2) is 0 Å². The lowest BCUT2D eigenvalue weighted by Crippen LogP contribution is -2.36. The molecule has 2 N–H and O–H groups in total. The second kappa shape index (κ2) is 7.20. The van der Waals surface area contributed by atoms with Crippen molar-refractivity contribution in [3.05, 3.63) is 0 Å². The Bertz CT molecular complexity index is 156. The molecule has 0 radical (unpaired) electrons. The second-order valence-electron chi connectivity index (χ2n) is 4.56. The van der Waals surface area contributed by atoms with Crippen molar-refractivity contribution in [2.24, 2.45) is 5.92 Å². The van der Waals surface area contributed by atoms with E-state index in [1.54, 1.807) is 0 Å². The van der Waals surface area contributed by atoms with Crippen LogP contribution in [-0.4, -0.2) is 37.0 Å². The fourth-order valence-electron chi connectivity index (χ4n) is 1.59. The van der Waals surface area contributed by atoms with E-state index >= 15 is 0 Å². The molecular formula is C12H25NO2. The van der Waals surface area contributed by atoms with E-state index in [1.807, 2.05) is 0 Å². The van der Waals surface area contributed by atoms with Crippen LogP contribution in [0.1, 0.15) is 39.5 Å². The van der Waals surface area contributed by atoms with Gasteiger partial charge in [0.05, 0.1) is 12.7 Å².